The summed E-state index contributed by atoms with van der Waals surface area (Å²) in [5, 5.41) is 14.7. The third-order valence-corrected chi connectivity index (χ3v) is 2.72. The topological polar surface area (TPSA) is 118 Å². The number of barbiturate groups is 1. The molecule has 4 amide bonds. The van der Waals surface area contributed by atoms with Crippen LogP contribution in [0.3, 0.4) is 0 Å². The maximum Gasteiger partial charge on any atom is 0.328 e. The third-order valence-electron chi connectivity index (χ3n) is 2.72. The molecule has 0 atom stereocenters. The van der Waals surface area contributed by atoms with Crippen molar-refractivity contribution in [1.82, 2.24) is 10.6 Å². The van der Waals surface area contributed by atoms with E-state index in [9.17, 15) is 24.5 Å². The molecule has 2 N–H and O–H groups in total. The van der Waals surface area contributed by atoms with Crippen molar-refractivity contribution in [3.8, 4) is 0 Å². The average molecular weight is 263 g/mol. The highest BCUT2D eigenvalue weighted by Crippen LogP contribution is 2.22. The Morgan fingerprint density at radius 1 is 1.11 bits per heavy atom. The van der Waals surface area contributed by atoms with E-state index < -0.39 is 28.7 Å². The predicted octanol–water partition coefficient (Wildman–Crippen LogP) is 0.119. The molecule has 0 unspecified atom stereocenters. The zero-order valence-electron chi connectivity index (χ0n) is 9.58. The molecule has 0 aromatic heterocycles. The van der Waals surface area contributed by atoms with Gasteiger partial charge >= 0.3 is 6.03 Å². The second kappa shape index (κ2) is 4.84. The predicted molar refractivity (Wildman–Crippen MR) is 62.0 cm³/mol. The summed E-state index contributed by atoms with van der Waals surface area (Å²) >= 11 is 0. The smallest absolute Gasteiger partial charge is 0.277 e. The van der Waals surface area contributed by atoms with E-state index in [0.29, 0.717) is 0 Å². The first kappa shape index (κ1) is 12.7. The molecule has 0 radical (unpaired) electrons. The summed E-state index contributed by atoms with van der Waals surface area (Å²) in [6.07, 6.45) is -0.137. The van der Waals surface area contributed by atoms with Gasteiger partial charge in [-0.3, -0.25) is 30.3 Å². The number of nitro groups is 1. The standard InChI is InChI=1S/C11H9N3O5/c15-9-7(10(16)13-11(17)12-9)5-6-3-1-2-4-8(6)14(18)19/h1-4,7H,5H2,(H2,12,13,15,16,17). The van der Waals surface area contributed by atoms with Crippen LogP contribution in [-0.4, -0.2) is 22.8 Å². The number of urea groups is 1. The number of nitro benzene ring substituents is 1. The number of carbonyl (C=O) groups excluding carboxylic acids is 3. The second-order valence-electron chi connectivity index (χ2n) is 3.95. The number of imide groups is 2. The summed E-state index contributed by atoms with van der Waals surface area (Å²) in [6.45, 7) is 0. The Bertz CT molecular complexity index is 563. The summed E-state index contributed by atoms with van der Waals surface area (Å²) in [5.74, 6) is -2.67. The van der Waals surface area contributed by atoms with Gasteiger partial charge in [-0.1, -0.05) is 18.2 Å². The van der Waals surface area contributed by atoms with Crippen molar-refractivity contribution in [1.29, 1.82) is 0 Å². The Balaban J connectivity index is 2.26. The second-order valence-corrected chi connectivity index (χ2v) is 3.95. The van der Waals surface area contributed by atoms with Crippen molar-refractivity contribution in [2.45, 2.75) is 6.42 Å². The van der Waals surface area contributed by atoms with Crippen LogP contribution in [0, 0.1) is 16.0 Å². The summed E-state index contributed by atoms with van der Waals surface area (Å²) in [5.41, 5.74) is 0.0946. The molecule has 0 bridgehead atoms. The van der Waals surface area contributed by atoms with Gasteiger partial charge in [0.15, 0.2) is 0 Å². The van der Waals surface area contributed by atoms with Gasteiger partial charge in [0, 0.05) is 11.6 Å². The number of carbonyl (C=O) groups is 3. The number of amides is 4. The van der Waals surface area contributed by atoms with Gasteiger partial charge in [0.1, 0.15) is 5.92 Å². The summed E-state index contributed by atoms with van der Waals surface area (Å²) in [7, 11) is 0. The van der Waals surface area contributed by atoms with Crippen molar-refractivity contribution in [3.63, 3.8) is 0 Å². The van der Waals surface area contributed by atoms with Gasteiger partial charge in [-0.25, -0.2) is 4.79 Å². The molecule has 0 aliphatic carbocycles. The SMILES string of the molecule is O=C1NC(=O)C(Cc2ccccc2[N+](=O)[O-])C(=O)N1. The monoisotopic (exact) mass is 263 g/mol. The lowest BCUT2D eigenvalue weighted by atomic mass is 9.95. The van der Waals surface area contributed by atoms with E-state index in [4.69, 9.17) is 0 Å². The number of hydrogen-bond acceptors (Lipinski definition) is 5. The zero-order chi connectivity index (χ0) is 14.0. The van der Waals surface area contributed by atoms with Crippen molar-refractivity contribution >= 4 is 23.5 Å². The van der Waals surface area contributed by atoms with Crippen LogP contribution in [-0.2, 0) is 16.0 Å². The molecule has 1 saturated heterocycles. The van der Waals surface area contributed by atoms with E-state index in [0.717, 1.165) is 0 Å². The van der Waals surface area contributed by atoms with Crippen LogP contribution < -0.4 is 10.6 Å². The number of nitrogens with one attached hydrogen (secondary N) is 2. The van der Waals surface area contributed by atoms with Crippen molar-refractivity contribution in [3.05, 3.63) is 39.9 Å². The lowest BCUT2D eigenvalue weighted by molar-refractivity contribution is -0.385. The summed E-state index contributed by atoms with van der Waals surface area (Å²) in [4.78, 5) is 44.2. The molecule has 1 heterocycles. The largest absolute Gasteiger partial charge is 0.328 e. The maximum absolute atomic E-state index is 11.5. The van der Waals surface area contributed by atoms with Gasteiger partial charge in [-0.2, -0.15) is 0 Å². The van der Waals surface area contributed by atoms with Crippen molar-refractivity contribution < 1.29 is 19.3 Å². The maximum atomic E-state index is 11.5. The van der Waals surface area contributed by atoms with Gasteiger partial charge in [0.25, 0.3) is 5.69 Å². The molecule has 2 rings (SSSR count). The normalized spacial score (nSPS) is 15.9. The lowest BCUT2D eigenvalue weighted by Crippen LogP contribution is -2.56. The number of hydrogen-bond donors (Lipinski definition) is 2. The van der Waals surface area contributed by atoms with E-state index in [1.807, 2.05) is 10.6 Å². The molecule has 98 valence electrons. The summed E-state index contributed by atoms with van der Waals surface area (Å²) < 4.78 is 0. The fourth-order valence-corrected chi connectivity index (χ4v) is 1.82. The van der Waals surface area contributed by atoms with E-state index in [1.54, 1.807) is 6.07 Å². The van der Waals surface area contributed by atoms with Crippen LogP contribution in [0.15, 0.2) is 24.3 Å². The minimum Gasteiger partial charge on any atom is -0.277 e. The Morgan fingerprint density at radius 3 is 2.26 bits per heavy atom. The molecule has 1 fully saturated rings. The Hall–Kier alpha value is -2.77. The average Bonchev–Trinajstić information content (AvgIpc) is 2.34. The summed E-state index contributed by atoms with van der Waals surface area (Å²) in [6, 6.07) is 4.95. The van der Waals surface area contributed by atoms with Crippen molar-refractivity contribution in [2.24, 2.45) is 5.92 Å². The molecule has 19 heavy (non-hydrogen) atoms. The van der Waals surface area contributed by atoms with Crippen LogP contribution >= 0.6 is 0 Å². The third kappa shape index (κ3) is 2.57. The van der Waals surface area contributed by atoms with Crippen LogP contribution in [0.2, 0.25) is 0 Å². The van der Waals surface area contributed by atoms with E-state index >= 15 is 0 Å². The van der Waals surface area contributed by atoms with Gasteiger partial charge in [0.2, 0.25) is 11.8 Å². The molecule has 0 spiro atoms. The zero-order valence-corrected chi connectivity index (χ0v) is 9.58. The van der Waals surface area contributed by atoms with Crippen LogP contribution in [0.1, 0.15) is 5.56 Å². The minimum absolute atomic E-state index is 0.137. The molecule has 1 aromatic carbocycles. The molecule has 1 aromatic rings. The van der Waals surface area contributed by atoms with Gasteiger partial charge < -0.3 is 0 Å². The molecule has 1 aliphatic rings. The molecular weight excluding hydrogens is 254 g/mol. The highest BCUT2D eigenvalue weighted by Gasteiger charge is 2.35. The van der Waals surface area contributed by atoms with Gasteiger partial charge in [-0.15, -0.1) is 0 Å². The lowest BCUT2D eigenvalue weighted by Gasteiger charge is -2.20. The Kier molecular flexibility index (Phi) is 3.23. The number of nitrogens with zero attached hydrogens (tertiary/aromatic N) is 1. The first-order valence-electron chi connectivity index (χ1n) is 5.37. The highest BCUT2D eigenvalue weighted by atomic mass is 16.6. The van der Waals surface area contributed by atoms with Gasteiger partial charge in [0.05, 0.1) is 4.92 Å². The molecule has 8 heteroatoms. The fraction of sp³-hybridized carbons (Fsp3) is 0.182. The first-order chi connectivity index (χ1) is 8.99. The number of rotatable bonds is 3. The van der Waals surface area contributed by atoms with E-state index in [2.05, 4.69) is 0 Å². The molecule has 0 saturated carbocycles. The number of para-hydroxylation sites is 1. The van der Waals surface area contributed by atoms with Crippen LogP contribution in [0.25, 0.3) is 0 Å². The van der Waals surface area contributed by atoms with Gasteiger partial charge in [-0.05, 0) is 6.42 Å². The first-order valence-corrected chi connectivity index (χ1v) is 5.37. The molecular formula is C11H9N3O5. The Labute approximate surface area is 106 Å². The van der Waals surface area contributed by atoms with E-state index in [-0.39, 0.29) is 17.7 Å². The molecule has 8 nitrogen and oxygen atoms in total. The highest BCUT2D eigenvalue weighted by molar-refractivity contribution is 6.16. The van der Waals surface area contributed by atoms with Crippen molar-refractivity contribution in [2.75, 3.05) is 0 Å². The minimum atomic E-state index is -1.15. The molecule has 1 aliphatic heterocycles. The van der Waals surface area contributed by atoms with Crippen LogP contribution in [0.4, 0.5) is 10.5 Å². The fourth-order valence-electron chi connectivity index (χ4n) is 1.82. The quantitative estimate of drug-likeness (QED) is 0.456. The van der Waals surface area contributed by atoms with Crippen LogP contribution in [0.5, 0.6) is 0 Å². The van der Waals surface area contributed by atoms with E-state index in [1.165, 1.54) is 18.2 Å². The Morgan fingerprint density at radius 2 is 1.68 bits per heavy atom. The number of benzene rings is 1.